The summed E-state index contributed by atoms with van der Waals surface area (Å²) in [6, 6.07) is 1.76. The number of nitrogens with one attached hydrogen (secondary N) is 1. The standard InChI is InChI=1S/C10H12N4O/c1-14-6-12-5-9(14)10(15)13-8(4-11)7-2-3-7/h5-8H,2-3H2,1H3,(H,13,15). The van der Waals surface area contributed by atoms with Crippen LogP contribution in [0.2, 0.25) is 0 Å². The van der Waals surface area contributed by atoms with E-state index >= 15 is 0 Å². The van der Waals surface area contributed by atoms with Crippen LogP contribution >= 0.6 is 0 Å². The van der Waals surface area contributed by atoms with Gasteiger partial charge in [0.25, 0.3) is 5.91 Å². The van der Waals surface area contributed by atoms with Crippen LogP contribution in [0.5, 0.6) is 0 Å². The first-order chi connectivity index (χ1) is 7.22. The maximum atomic E-state index is 11.7. The molecule has 5 heteroatoms. The molecule has 1 saturated carbocycles. The lowest BCUT2D eigenvalue weighted by atomic mass is 10.2. The lowest BCUT2D eigenvalue weighted by Crippen LogP contribution is -2.36. The molecule has 1 unspecified atom stereocenters. The summed E-state index contributed by atoms with van der Waals surface area (Å²) in [5.41, 5.74) is 0.482. The maximum Gasteiger partial charge on any atom is 0.270 e. The van der Waals surface area contributed by atoms with E-state index in [-0.39, 0.29) is 11.9 Å². The van der Waals surface area contributed by atoms with Crippen LogP contribution in [0.4, 0.5) is 0 Å². The molecule has 1 aromatic heterocycles. The molecule has 1 atom stereocenters. The molecule has 1 aliphatic carbocycles. The molecule has 1 N–H and O–H groups in total. The first kappa shape index (κ1) is 9.71. The Kier molecular flexibility index (Phi) is 2.42. The first-order valence-electron chi connectivity index (χ1n) is 4.89. The summed E-state index contributed by atoms with van der Waals surface area (Å²) in [6.45, 7) is 0. The number of carbonyl (C=O) groups excluding carboxylic acids is 1. The number of nitrogens with zero attached hydrogens (tertiary/aromatic N) is 3. The van der Waals surface area contributed by atoms with Gasteiger partial charge in [-0.2, -0.15) is 5.26 Å². The molecule has 1 amide bonds. The van der Waals surface area contributed by atoms with Crippen molar-refractivity contribution in [3.05, 3.63) is 18.2 Å². The Morgan fingerprint density at radius 3 is 3.00 bits per heavy atom. The van der Waals surface area contributed by atoms with E-state index in [1.807, 2.05) is 0 Å². The molecule has 15 heavy (non-hydrogen) atoms. The van der Waals surface area contributed by atoms with Crippen molar-refractivity contribution in [2.45, 2.75) is 18.9 Å². The van der Waals surface area contributed by atoms with Crippen LogP contribution in [0, 0.1) is 17.2 Å². The van der Waals surface area contributed by atoms with Gasteiger partial charge in [-0.3, -0.25) is 4.79 Å². The topological polar surface area (TPSA) is 70.7 Å². The van der Waals surface area contributed by atoms with Crippen LogP contribution in [0.25, 0.3) is 0 Å². The van der Waals surface area contributed by atoms with E-state index in [0.29, 0.717) is 11.6 Å². The number of amides is 1. The van der Waals surface area contributed by atoms with Crippen molar-refractivity contribution in [3.63, 3.8) is 0 Å². The predicted octanol–water partition coefficient (Wildman–Crippen LogP) is 0.452. The van der Waals surface area contributed by atoms with Gasteiger partial charge >= 0.3 is 0 Å². The van der Waals surface area contributed by atoms with Crippen molar-refractivity contribution in [1.82, 2.24) is 14.9 Å². The Bertz CT molecular complexity index is 413. The Morgan fingerprint density at radius 1 is 1.80 bits per heavy atom. The van der Waals surface area contributed by atoms with Gasteiger partial charge < -0.3 is 9.88 Å². The summed E-state index contributed by atoms with van der Waals surface area (Å²) >= 11 is 0. The highest BCUT2D eigenvalue weighted by atomic mass is 16.2. The molecule has 2 rings (SSSR count). The minimum atomic E-state index is -0.354. The van der Waals surface area contributed by atoms with Crippen molar-refractivity contribution >= 4 is 5.91 Å². The quantitative estimate of drug-likeness (QED) is 0.777. The van der Waals surface area contributed by atoms with Crippen molar-refractivity contribution in [2.24, 2.45) is 13.0 Å². The summed E-state index contributed by atoms with van der Waals surface area (Å²) < 4.78 is 1.64. The zero-order valence-corrected chi connectivity index (χ0v) is 8.47. The van der Waals surface area contributed by atoms with E-state index in [4.69, 9.17) is 5.26 Å². The molecule has 78 valence electrons. The Morgan fingerprint density at radius 2 is 2.53 bits per heavy atom. The van der Waals surface area contributed by atoms with Crippen molar-refractivity contribution in [1.29, 1.82) is 5.26 Å². The summed E-state index contributed by atoms with van der Waals surface area (Å²) in [5.74, 6) is 0.112. The van der Waals surface area contributed by atoms with Crippen LogP contribution in [-0.4, -0.2) is 21.5 Å². The van der Waals surface area contributed by atoms with Gasteiger partial charge in [-0.25, -0.2) is 4.98 Å². The fourth-order valence-electron chi connectivity index (χ4n) is 1.48. The van der Waals surface area contributed by atoms with Gasteiger partial charge in [-0.15, -0.1) is 0 Å². The molecular formula is C10H12N4O. The Balaban J connectivity index is 2.03. The summed E-state index contributed by atoms with van der Waals surface area (Å²) in [7, 11) is 1.75. The van der Waals surface area contributed by atoms with E-state index in [2.05, 4.69) is 16.4 Å². The monoisotopic (exact) mass is 204 g/mol. The Labute approximate surface area is 87.7 Å². The molecule has 0 aromatic carbocycles. The summed E-state index contributed by atoms with van der Waals surface area (Å²) in [4.78, 5) is 15.6. The van der Waals surface area contributed by atoms with E-state index < -0.39 is 0 Å². The molecule has 0 bridgehead atoms. The highest BCUT2D eigenvalue weighted by Gasteiger charge is 2.32. The van der Waals surface area contributed by atoms with Crippen molar-refractivity contribution < 1.29 is 4.79 Å². The Hall–Kier alpha value is -1.83. The van der Waals surface area contributed by atoms with Gasteiger partial charge in [0.15, 0.2) is 0 Å². The molecule has 1 heterocycles. The number of imidazole rings is 1. The zero-order chi connectivity index (χ0) is 10.8. The third kappa shape index (κ3) is 1.99. The zero-order valence-electron chi connectivity index (χ0n) is 8.47. The van der Waals surface area contributed by atoms with Crippen LogP contribution in [-0.2, 0) is 7.05 Å². The number of hydrogen-bond acceptors (Lipinski definition) is 3. The predicted molar refractivity (Wildman–Crippen MR) is 52.8 cm³/mol. The normalized spacial score (nSPS) is 16.8. The van der Waals surface area contributed by atoms with Crippen LogP contribution < -0.4 is 5.32 Å². The van der Waals surface area contributed by atoms with Gasteiger partial charge in [-0.1, -0.05) is 0 Å². The molecule has 0 aliphatic heterocycles. The molecule has 0 spiro atoms. The van der Waals surface area contributed by atoms with Gasteiger partial charge in [0.1, 0.15) is 11.7 Å². The summed E-state index contributed by atoms with van der Waals surface area (Å²) in [6.07, 6.45) is 5.12. The molecule has 0 saturated heterocycles. The van der Waals surface area contributed by atoms with Gasteiger partial charge in [0.2, 0.25) is 0 Å². The van der Waals surface area contributed by atoms with E-state index in [1.165, 1.54) is 6.20 Å². The molecule has 1 fully saturated rings. The number of nitriles is 1. The summed E-state index contributed by atoms with van der Waals surface area (Å²) in [5, 5.41) is 11.6. The fourth-order valence-corrected chi connectivity index (χ4v) is 1.48. The number of aromatic nitrogens is 2. The second-order valence-corrected chi connectivity index (χ2v) is 3.81. The number of hydrogen-bond donors (Lipinski definition) is 1. The van der Waals surface area contributed by atoms with E-state index in [1.54, 1.807) is 17.9 Å². The van der Waals surface area contributed by atoms with Crippen LogP contribution in [0.15, 0.2) is 12.5 Å². The highest BCUT2D eigenvalue weighted by molar-refractivity contribution is 5.92. The second-order valence-electron chi connectivity index (χ2n) is 3.81. The van der Waals surface area contributed by atoms with Crippen molar-refractivity contribution in [2.75, 3.05) is 0 Å². The lowest BCUT2D eigenvalue weighted by Gasteiger charge is -2.09. The van der Waals surface area contributed by atoms with Crippen molar-refractivity contribution in [3.8, 4) is 6.07 Å². The van der Waals surface area contributed by atoms with E-state index in [0.717, 1.165) is 12.8 Å². The molecule has 5 nitrogen and oxygen atoms in total. The minimum absolute atomic E-state index is 0.228. The number of aryl methyl sites for hydroxylation is 1. The number of carbonyl (C=O) groups is 1. The smallest absolute Gasteiger partial charge is 0.270 e. The minimum Gasteiger partial charge on any atom is -0.335 e. The van der Waals surface area contributed by atoms with Gasteiger partial charge in [-0.05, 0) is 18.8 Å². The third-order valence-corrected chi connectivity index (χ3v) is 2.57. The number of rotatable bonds is 3. The largest absolute Gasteiger partial charge is 0.335 e. The lowest BCUT2D eigenvalue weighted by molar-refractivity contribution is 0.0933. The molecule has 1 aromatic rings. The average molecular weight is 204 g/mol. The van der Waals surface area contributed by atoms with Crippen LogP contribution in [0.3, 0.4) is 0 Å². The van der Waals surface area contributed by atoms with Gasteiger partial charge in [0.05, 0.1) is 18.6 Å². The first-order valence-corrected chi connectivity index (χ1v) is 4.89. The molecule has 0 radical (unpaired) electrons. The average Bonchev–Trinajstić information content (AvgIpc) is 2.97. The third-order valence-electron chi connectivity index (χ3n) is 2.57. The molecule has 1 aliphatic rings. The second kappa shape index (κ2) is 3.73. The fraction of sp³-hybridized carbons (Fsp3) is 0.500. The van der Waals surface area contributed by atoms with Crippen LogP contribution in [0.1, 0.15) is 23.3 Å². The maximum absolute atomic E-state index is 11.7. The molecular weight excluding hydrogens is 192 g/mol. The highest BCUT2D eigenvalue weighted by Crippen LogP contribution is 2.32. The SMILES string of the molecule is Cn1cncc1C(=O)NC(C#N)C1CC1. The van der Waals surface area contributed by atoms with E-state index in [9.17, 15) is 4.79 Å². The van der Waals surface area contributed by atoms with Gasteiger partial charge in [0, 0.05) is 7.05 Å².